The predicted molar refractivity (Wildman–Crippen MR) is 127 cm³/mol. The van der Waals surface area contributed by atoms with Crippen LogP contribution in [0.25, 0.3) is 0 Å². The third-order valence-electron chi connectivity index (χ3n) is 5.05. The number of aliphatic hydroxyl groups is 2. The Kier molecular flexibility index (Phi) is 12.5. The molecule has 33 heavy (non-hydrogen) atoms. The summed E-state index contributed by atoms with van der Waals surface area (Å²) < 4.78 is 23.3. The van der Waals surface area contributed by atoms with Crippen LogP contribution in [0.4, 0.5) is 0 Å². The Morgan fingerprint density at radius 1 is 1.03 bits per heavy atom. The van der Waals surface area contributed by atoms with Crippen molar-refractivity contribution in [3.8, 4) is 0 Å². The number of amides is 2. The number of carbonyl (C=O) groups is 2. The molecule has 6 N–H and O–H groups in total. The number of benzene rings is 1. The monoisotopic (exact) mass is 486 g/mol. The predicted octanol–water partition coefficient (Wildman–Crippen LogP) is -0.560. The third-order valence-corrected chi connectivity index (χ3v) is 5.99. The smallest absolute Gasteiger partial charge is 0.238 e. The van der Waals surface area contributed by atoms with Gasteiger partial charge in [0.25, 0.3) is 0 Å². The Morgan fingerprint density at radius 2 is 1.67 bits per heavy atom. The van der Waals surface area contributed by atoms with Gasteiger partial charge in [-0.25, -0.2) is 8.42 Å². The molecule has 0 saturated carbocycles. The van der Waals surface area contributed by atoms with Crippen molar-refractivity contribution in [2.24, 2.45) is 0 Å². The van der Waals surface area contributed by atoms with Gasteiger partial charge in [0.05, 0.1) is 24.4 Å². The zero-order chi connectivity index (χ0) is 25.0. The summed E-state index contributed by atoms with van der Waals surface area (Å²) in [5.41, 5.74) is 0.932. The number of aliphatic hydroxyl groups excluding tert-OH is 2. The largest absolute Gasteiger partial charge is 0.387 e. The summed E-state index contributed by atoms with van der Waals surface area (Å²) in [4.78, 5) is 24.8. The van der Waals surface area contributed by atoms with Gasteiger partial charge in [0.2, 0.25) is 11.8 Å². The van der Waals surface area contributed by atoms with Gasteiger partial charge in [-0.2, -0.15) is 0 Å². The van der Waals surface area contributed by atoms with Crippen molar-refractivity contribution in [3.05, 3.63) is 35.9 Å². The Morgan fingerprint density at radius 3 is 2.21 bits per heavy atom. The average Bonchev–Trinajstić information content (AvgIpc) is 2.76. The van der Waals surface area contributed by atoms with Gasteiger partial charge >= 0.3 is 0 Å². The number of sulfone groups is 1. The van der Waals surface area contributed by atoms with E-state index < -0.39 is 40.2 Å². The molecule has 5 unspecified atom stereocenters. The summed E-state index contributed by atoms with van der Waals surface area (Å²) in [6.45, 7) is 5.58. The highest BCUT2D eigenvalue weighted by Gasteiger charge is 2.30. The Bertz CT molecular complexity index is 837. The lowest BCUT2D eigenvalue weighted by molar-refractivity contribution is -0.126. The Hall–Kier alpha value is -2.05. The number of likely N-dealkylation sites (N-methyl/N-ethyl adjacent to an activating group) is 1. The maximum Gasteiger partial charge on any atom is 0.238 e. The number of rotatable bonds is 15. The van der Waals surface area contributed by atoms with Gasteiger partial charge in [0.15, 0.2) is 0 Å². The van der Waals surface area contributed by atoms with Crippen molar-refractivity contribution < 1.29 is 28.2 Å². The maximum absolute atomic E-state index is 12.6. The highest BCUT2D eigenvalue weighted by molar-refractivity contribution is 7.90. The van der Waals surface area contributed by atoms with Crippen LogP contribution in [-0.2, 0) is 19.4 Å². The van der Waals surface area contributed by atoms with Crippen LogP contribution >= 0.6 is 0 Å². The standard InChI is InChI=1S/C22H38N4O6S/c1-5-10-17(26-21(29)18(23-6-2)14-33(4,31)32)20(28)22(30)24-13-19(27)25-15(3)16-11-8-7-9-12-16/h7-9,11-12,15,17-18,20,22-24,28,30H,5-6,10,13-14H2,1-4H3,(H,25,27)(H,26,29). The van der Waals surface area contributed by atoms with E-state index in [1.54, 1.807) is 6.92 Å². The first-order valence-corrected chi connectivity index (χ1v) is 13.2. The van der Waals surface area contributed by atoms with Crippen LogP contribution < -0.4 is 21.3 Å². The third kappa shape index (κ3) is 11.1. The van der Waals surface area contributed by atoms with Crippen molar-refractivity contribution in [2.45, 2.75) is 64.1 Å². The molecule has 2 amide bonds. The van der Waals surface area contributed by atoms with Crippen molar-refractivity contribution in [1.29, 1.82) is 0 Å². The lowest BCUT2D eigenvalue weighted by atomic mass is 10.0. The average molecular weight is 487 g/mol. The van der Waals surface area contributed by atoms with E-state index in [0.29, 0.717) is 19.4 Å². The Balaban J connectivity index is 2.67. The van der Waals surface area contributed by atoms with E-state index in [4.69, 9.17) is 0 Å². The first-order valence-electron chi connectivity index (χ1n) is 11.1. The number of hydrogen-bond acceptors (Lipinski definition) is 8. The first kappa shape index (κ1) is 29.0. The number of nitrogens with one attached hydrogen (secondary N) is 4. The van der Waals surface area contributed by atoms with Crippen LogP contribution in [-0.4, -0.2) is 80.0 Å². The van der Waals surface area contributed by atoms with Gasteiger partial charge in [-0.1, -0.05) is 50.6 Å². The molecule has 0 aliphatic carbocycles. The second-order valence-electron chi connectivity index (χ2n) is 8.12. The van der Waals surface area contributed by atoms with Gasteiger partial charge in [-0.05, 0) is 25.5 Å². The molecule has 188 valence electrons. The zero-order valence-electron chi connectivity index (χ0n) is 19.7. The topological polar surface area (TPSA) is 157 Å². The summed E-state index contributed by atoms with van der Waals surface area (Å²) >= 11 is 0. The van der Waals surface area contributed by atoms with Crippen LogP contribution in [0.2, 0.25) is 0 Å². The van der Waals surface area contributed by atoms with Gasteiger partial charge < -0.3 is 26.2 Å². The highest BCUT2D eigenvalue weighted by atomic mass is 32.2. The van der Waals surface area contributed by atoms with Crippen LogP contribution in [0.15, 0.2) is 30.3 Å². The molecule has 1 rings (SSSR count). The van der Waals surface area contributed by atoms with E-state index in [-0.39, 0.29) is 24.2 Å². The van der Waals surface area contributed by atoms with Gasteiger partial charge in [0, 0.05) is 6.26 Å². The SMILES string of the molecule is CCCC(NC(=O)C(CS(C)(=O)=O)NCC)C(O)C(O)NCC(=O)NC(C)c1ccccc1. The number of hydrogen-bond donors (Lipinski definition) is 6. The quantitative estimate of drug-likeness (QED) is 0.180. The van der Waals surface area contributed by atoms with E-state index >= 15 is 0 Å². The fraction of sp³-hybridized carbons (Fsp3) is 0.636. The maximum atomic E-state index is 12.6. The molecule has 5 atom stereocenters. The number of carbonyl (C=O) groups excluding carboxylic acids is 2. The van der Waals surface area contributed by atoms with E-state index in [2.05, 4.69) is 21.3 Å². The molecular weight excluding hydrogens is 448 g/mol. The highest BCUT2D eigenvalue weighted by Crippen LogP contribution is 2.11. The van der Waals surface area contributed by atoms with Crippen molar-refractivity contribution >= 4 is 21.7 Å². The minimum atomic E-state index is -3.42. The molecule has 0 aromatic heterocycles. The molecule has 1 aromatic rings. The van der Waals surface area contributed by atoms with E-state index in [9.17, 15) is 28.2 Å². The lowest BCUT2D eigenvalue weighted by Gasteiger charge is -2.29. The summed E-state index contributed by atoms with van der Waals surface area (Å²) in [5.74, 6) is -1.34. The summed E-state index contributed by atoms with van der Waals surface area (Å²) in [6, 6.07) is 7.35. The van der Waals surface area contributed by atoms with E-state index in [1.165, 1.54) is 0 Å². The Labute approximate surface area is 196 Å². The van der Waals surface area contributed by atoms with Gasteiger partial charge in [0.1, 0.15) is 28.2 Å². The van der Waals surface area contributed by atoms with Crippen LogP contribution in [0.5, 0.6) is 0 Å². The molecule has 10 nitrogen and oxygen atoms in total. The molecule has 1 aromatic carbocycles. The lowest BCUT2D eigenvalue weighted by Crippen LogP contribution is -2.58. The molecule has 0 heterocycles. The molecule has 0 spiro atoms. The molecule has 0 saturated heterocycles. The van der Waals surface area contributed by atoms with Crippen LogP contribution in [0.3, 0.4) is 0 Å². The van der Waals surface area contributed by atoms with Crippen LogP contribution in [0.1, 0.15) is 45.2 Å². The second kappa shape index (κ2) is 14.3. The van der Waals surface area contributed by atoms with Gasteiger partial charge in [-0.3, -0.25) is 14.9 Å². The minimum absolute atomic E-state index is 0.229. The van der Waals surface area contributed by atoms with E-state index in [0.717, 1.165) is 11.8 Å². The molecule has 0 bridgehead atoms. The summed E-state index contributed by atoms with van der Waals surface area (Å²) in [6.07, 6.45) is -0.899. The van der Waals surface area contributed by atoms with E-state index in [1.807, 2.05) is 44.2 Å². The zero-order valence-corrected chi connectivity index (χ0v) is 20.6. The molecule has 11 heteroatoms. The first-order chi connectivity index (χ1) is 15.5. The fourth-order valence-electron chi connectivity index (χ4n) is 3.35. The molecular formula is C22H38N4O6S. The minimum Gasteiger partial charge on any atom is -0.387 e. The van der Waals surface area contributed by atoms with Crippen LogP contribution in [0, 0.1) is 0 Å². The second-order valence-corrected chi connectivity index (χ2v) is 10.3. The molecule has 0 aliphatic heterocycles. The van der Waals surface area contributed by atoms with Crippen molar-refractivity contribution in [1.82, 2.24) is 21.3 Å². The summed E-state index contributed by atoms with van der Waals surface area (Å²) in [5, 5.41) is 31.8. The molecule has 0 fully saturated rings. The van der Waals surface area contributed by atoms with Gasteiger partial charge in [-0.15, -0.1) is 0 Å². The summed E-state index contributed by atoms with van der Waals surface area (Å²) in [7, 11) is -3.42. The normalized spacial score (nSPS) is 16.3. The van der Waals surface area contributed by atoms with Crippen molar-refractivity contribution in [3.63, 3.8) is 0 Å². The van der Waals surface area contributed by atoms with Crippen molar-refractivity contribution in [2.75, 3.05) is 25.1 Å². The molecule has 0 radical (unpaired) electrons. The molecule has 0 aliphatic rings. The fourth-order valence-corrected chi connectivity index (χ4v) is 4.23.